The molecule has 20 heavy (non-hydrogen) atoms. The van der Waals surface area contributed by atoms with Crippen LogP contribution in [0.5, 0.6) is 0 Å². The van der Waals surface area contributed by atoms with Crippen molar-refractivity contribution in [2.24, 2.45) is 0 Å². The van der Waals surface area contributed by atoms with Gasteiger partial charge in [-0.2, -0.15) is 5.26 Å². The molecule has 0 aromatic carbocycles. The first-order valence-electron chi connectivity index (χ1n) is 7.30. The lowest BCUT2D eigenvalue weighted by Crippen LogP contribution is -2.39. The van der Waals surface area contributed by atoms with Gasteiger partial charge in [-0.15, -0.1) is 0 Å². The van der Waals surface area contributed by atoms with Crippen LogP contribution in [0.3, 0.4) is 0 Å². The molecule has 0 radical (unpaired) electrons. The fraction of sp³-hybridized carbons (Fsp3) is 0.667. The maximum atomic E-state index is 8.71. The van der Waals surface area contributed by atoms with Crippen molar-refractivity contribution in [3.8, 4) is 6.07 Å². The van der Waals surface area contributed by atoms with Gasteiger partial charge in [-0.05, 0) is 19.8 Å². The van der Waals surface area contributed by atoms with E-state index in [1.54, 1.807) is 0 Å². The van der Waals surface area contributed by atoms with Crippen molar-refractivity contribution in [1.29, 1.82) is 5.26 Å². The second kappa shape index (κ2) is 6.67. The molecular formula is C15H23N5. The molecule has 108 valence electrons. The van der Waals surface area contributed by atoms with Crippen LogP contribution >= 0.6 is 0 Å². The van der Waals surface area contributed by atoms with E-state index in [0.717, 1.165) is 43.3 Å². The van der Waals surface area contributed by atoms with Crippen molar-refractivity contribution in [3.63, 3.8) is 0 Å². The number of rotatable bonds is 4. The zero-order valence-electron chi connectivity index (χ0n) is 12.6. The predicted octanol–water partition coefficient (Wildman–Crippen LogP) is 2.31. The zero-order valence-corrected chi connectivity index (χ0v) is 12.6. The monoisotopic (exact) mass is 273 g/mol. The van der Waals surface area contributed by atoms with Crippen molar-refractivity contribution < 1.29 is 0 Å². The summed E-state index contributed by atoms with van der Waals surface area (Å²) in [5.74, 6) is 2.17. The third-order valence-corrected chi connectivity index (χ3v) is 3.62. The maximum absolute atomic E-state index is 8.71. The average Bonchev–Trinajstić information content (AvgIpc) is 2.40. The van der Waals surface area contributed by atoms with E-state index in [9.17, 15) is 0 Å². The van der Waals surface area contributed by atoms with Gasteiger partial charge < -0.3 is 5.32 Å². The zero-order chi connectivity index (χ0) is 14.5. The van der Waals surface area contributed by atoms with Crippen LogP contribution in [0, 0.1) is 18.3 Å². The Kier molecular flexibility index (Phi) is 4.91. The number of likely N-dealkylation sites (tertiary alicyclic amines) is 1. The third-order valence-electron chi connectivity index (χ3n) is 3.62. The fourth-order valence-electron chi connectivity index (χ4n) is 2.47. The summed E-state index contributed by atoms with van der Waals surface area (Å²) in [6.07, 6.45) is 2.11. The van der Waals surface area contributed by atoms with E-state index in [-0.39, 0.29) is 0 Å². The van der Waals surface area contributed by atoms with Gasteiger partial charge in [0.05, 0.1) is 12.6 Å². The highest BCUT2D eigenvalue weighted by atomic mass is 15.1. The first-order valence-corrected chi connectivity index (χ1v) is 7.30. The second-order valence-electron chi connectivity index (χ2n) is 5.76. The van der Waals surface area contributed by atoms with Crippen LogP contribution in [0.1, 0.15) is 44.1 Å². The number of nitrogens with one attached hydrogen (secondary N) is 1. The molecule has 5 heteroatoms. The molecule has 1 aromatic heterocycles. The number of aromatic nitrogens is 2. The van der Waals surface area contributed by atoms with Crippen LogP contribution in [-0.2, 0) is 0 Å². The van der Waals surface area contributed by atoms with Crippen molar-refractivity contribution in [3.05, 3.63) is 17.6 Å². The molecule has 1 N–H and O–H groups in total. The van der Waals surface area contributed by atoms with Gasteiger partial charge in [-0.25, -0.2) is 9.97 Å². The van der Waals surface area contributed by atoms with Crippen LogP contribution in [0.25, 0.3) is 0 Å². The van der Waals surface area contributed by atoms with Crippen molar-refractivity contribution in [1.82, 2.24) is 14.9 Å². The molecule has 1 fully saturated rings. The Morgan fingerprint density at radius 1 is 1.40 bits per heavy atom. The van der Waals surface area contributed by atoms with E-state index in [4.69, 9.17) is 5.26 Å². The van der Waals surface area contributed by atoms with E-state index in [2.05, 4.69) is 40.1 Å². The van der Waals surface area contributed by atoms with Crippen molar-refractivity contribution in [2.45, 2.75) is 45.6 Å². The first kappa shape index (κ1) is 14.7. The number of piperidine rings is 1. The van der Waals surface area contributed by atoms with E-state index in [1.807, 2.05) is 13.0 Å². The Balaban J connectivity index is 1.96. The number of anilines is 1. The van der Waals surface area contributed by atoms with E-state index >= 15 is 0 Å². The minimum absolute atomic E-state index is 0.341. The molecule has 1 saturated heterocycles. The Labute approximate surface area is 121 Å². The summed E-state index contributed by atoms with van der Waals surface area (Å²) in [6.45, 7) is 8.72. The smallest absolute Gasteiger partial charge is 0.133 e. The quantitative estimate of drug-likeness (QED) is 0.853. The van der Waals surface area contributed by atoms with Crippen LogP contribution in [0.15, 0.2) is 6.07 Å². The Bertz CT molecular complexity index is 484. The van der Waals surface area contributed by atoms with Gasteiger partial charge in [0, 0.05) is 36.8 Å². The number of nitrogens with zero attached hydrogens (tertiary/aromatic N) is 4. The van der Waals surface area contributed by atoms with Gasteiger partial charge >= 0.3 is 0 Å². The van der Waals surface area contributed by atoms with Crippen LogP contribution in [0.4, 0.5) is 5.82 Å². The summed E-state index contributed by atoms with van der Waals surface area (Å²) in [4.78, 5) is 11.3. The van der Waals surface area contributed by atoms with Gasteiger partial charge in [0.2, 0.25) is 0 Å². The molecule has 2 heterocycles. The predicted molar refractivity (Wildman–Crippen MR) is 79.6 cm³/mol. The molecule has 1 aliphatic rings. The lowest BCUT2D eigenvalue weighted by molar-refractivity contribution is 0.242. The van der Waals surface area contributed by atoms with E-state index in [1.165, 1.54) is 0 Å². The Hall–Kier alpha value is -1.67. The summed E-state index contributed by atoms with van der Waals surface area (Å²) >= 11 is 0. The fourth-order valence-corrected chi connectivity index (χ4v) is 2.47. The highest BCUT2D eigenvalue weighted by Gasteiger charge is 2.19. The molecule has 0 atom stereocenters. The van der Waals surface area contributed by atoms with Crippen LogP contribution in [0.2, 0.25) is 0 Å². The second-order valence-corrected chi connectivity index (χ2v) is 5.76. The number of hydrogen-bond acceptors (Lipinski definition) is 5. The number of nitriles is 1. The lowest BCUT2D eigenvalue weighted by Gasteiger charge is -2.31. The van der Waals surface area contributed by atoms with Crippen molar-refractivity contribution in [2.75, 3.05) is 25.0 Å². The van der Waals surface area contributed by atoms with Crippen molar-refractivity contribution >= 4 is 5.82 Å². The largest absolute Gasteiger partial charge is 0.367 e. The van der Waals surface area contributed by atoms with E-state index < -0.39 is 0 Å². The maximum Gasteiger partial charge on any atom is 0.133 e. The molecule has 0 saturated carbocycles. The van der Waals surface area contributed by atoms with E-state index in [0.29, 0.717) is 18.5 Å². The summed E-state index contributed by atoms with van der Waals surface area (Å²) < 4.78 is 0. The first-order chi connectivity index (χ1) is 9.58. The Morgan fingerprint density at radius 2 is 2.10 bits per heavy atom. The van der Waals surface area contributed by atoms with Crippen LogP contribution < -0.4 is 5.32 Å². The topological polar surface area (TPSA) is 64.8 Å². The summed E-state index contributed by atoms with van der Waals surface area (Å²) in [6, 6.07) is 4.67. The lowest BCUT2D eigenvalue weighted by atomic mass is 10.1. The minimum atomic E-state index is 0.341. The molecule has 0 bridgehead atoms. The summed E-state index contributed by atoms with van der Waals surface area (Å²) in [5, 5.41) is 12.2. The van der Waals surface area contributed by atoms with Crippen LogP contribution in [-0.4, -0.2) is 40.5 Å². The molecule has 0 unspecified atom stereocenters. The normalized spacial score (nSPS) is 17.1. The SMILES string of the molecule is Cc1cc(NC2CCN(CC#N)CC2)nc(C(C)C)n1. The van der Waals surface area contributed by atoms with Gasteiger partial charge in [0.15, 0.2) is 0 Å². The molecule has 0 amide bonds. The number of aryl methyl sites for hydroxylation is 1. The minimum Gasteiger partial charge on any atom is -0.367 e. The number of hydrogen-bond donors (Lipinski definition) is 1. The third kappa shape index (κ3) is 3.91. The standard InChI is InChI=1S/C15H23N5/c1-11(2)15-17-12(3)10-14(19-15)18-13-4-7-20(8-5-13)9-6-16/h10-11,13H,4-5,7-9H2,1-3H3,(H,17,18,19). The Morgan fingerprint density at radius 3 is 2.70 bits per heavy atom. The molecule has 1 aliphatic heterocycles. The molecule has 0 aliphatic carbocycles. The molecular weight excluding hydrogens is 250 g/mol. The van der Waals surface area contributed by atoms with Gasteiger partial charge in [-0.3, -0.25) is 4.90 Å². The highest BCUT2D eigenvalue weighted by molar-refractivity contribution is 5.37. The summed E-state index contributed by atoms with van der Waals surface area (Å²) in [7, 11) is 0. The molecule has 2 rings (SSSR count). The molecule has 0 spiro atoms. The highest BCUT2D eigenvalue weighted by Crippen LogP contribution is 2.18. The summed E-state index contributed by atoms with van der Waals surface area (Å²) in [5.41, 5.74) is 1.01. The molecule has 1 aromatic rings. The van der Waals surface area contributed by atoms with Gasteiger partial charge in [-0.1, -0.05) is 13.8 Å². The molecule has 5 nitrogen and oxygen atoms in total. The van der Waals surface area contributed by atoms with Gasteiger partial charge in [0.1, 0.15) is 11.6 Å². The van der Waals surface area contributed by atoms with Gasteiger partial charge in [0.25, 0.3) is 0 Å². The average molecular weight is 273 g/mol.